The van der Waals surface area contributed by atoms with Crippen LogP contribution in [0.1, 0.15) is 38.6 Å². The van der Waals surface area contributed by atoms with Gasteiger partial charge in [0, 0.05) is 59.1 Å². The van der Waals surface area contributed by atoms with E-state index in [1.807, 2.05) is 82.4 Å². The summed E-state index contributed by atoms with van der Waals surface area (Å²) in [5, 5.41) is 8.67. The molecule has 1 aliphatic rings. The van der Waals surface area contributed by atoms with E-state index in [0.29, 0.717) is 18.3 Å². The van der Waals surface area contributed by atoms with E-state index >= 15 is 0 Å². The number of carbonyl (C=O) groups excluding carboxylic acids is 1. The molecular formula is C33H30N8O. The molecule has 0 spiro atoms. The zero-order valence-corrected chi connectivity index (χ0v) is 24.1. The molecule has 0 radical (unpaired) electrons. The van der Waals surface area contributed by atoms with Crippen LogP contribution in [0.4, 0.5) is 17.5 Å². The quantitative estimate of drug-likeness (QED) is 0.250. The monoisotopic (exact) mass is 554 g/mol. The summed E-state index contributed by atoms with van der Waals surface area (Å²) in [6.45, 7) is 8.48. The number of carbonyl (C=O) groups is 1. The summed E-state index contributed by atoms with van der Waals surface area (Å²) in [7, 11) is 1.90. The zero-order valence-electron chi connectivity index (χ0n) is 24.1. The highest BCUT2D eigenvalue weighted by atomic mass is 16.2. The maximum absolute atomic E-state index is 13.8. The van der Waals surface area contributed by atoms with E-state index in [4.69, 9.17) is 4.98 Å². The van der Waals surface area contributed by atoms with Gasteiger partial charge in [-0.25, -0.2) is 9.97 Å². The molecule has 0 bridgehead atoms. The van der Waals surface area contributed by atoms with Crippen LogP contribution in [0, 0.1) is 27.7 Å². The van der Waals surface area contributed by atoms with Gasteiger partial charge in [0.15, 0.2) is 5.82 Å². The Morgan fingerprint density at radius 2 is 1.67 bits per heavy atom. The molecule has 7 rings (SSSR count). The number of para-hydroxylation sites is 1. The molecule has 4 aromatic heterocycles. The largest absolute Gasteiger partial charge is 0.359 e. The number of rotatable bonds is 5. The van der Waals surface area contributed by atoms with Gasteiger partial charge in [0.25, 0.3) is 5.91 Å². The second kappa shape index (κ2) is 9.66. The molecule has 5 heterocycles. The Morgan fingerprint density at radius 1 is 0.905 bits per heavy atom. The van der Waals surface area contributed by atoms with Crippen molar-refractivity contribution in [3.63, 3.8) is 0 Å². The lowest BCUT2D eigenvalue weighted by atomic mass is 9.96. The van der Waals surface area contributed by atoms with E-state index in [1.165, 1.54) is 0 Å². The number of nitrogens with one attached hydrogen (secondary N) is 2. The smallest absolute Gasteiger partial charge is 0.259 e. The third kappa shape index (κ3) is 4.21. The van der Waals surface area contributed by atoms with E-state index < -0.39 is 0 Å². The van der Waals surface area contributed by atoms with Crippen LogP contribution >= 0.6 is 0 Å². The number of aromatic amines is 1. The van der Waals surface area contributed by atoms with Crippen LogP contribution in [0.25, 0.3) is 33.3 Å². The van der Waals surface area contributed by atoms with Crippen LogP contribution in [-0.2, 0) is 13.6 Å². The van der Waals surface area contributed by atoms with Crippen molar-refractivity contribution < 1.29 is 4.79 Å². The summed E-state index contributed by atoms with van der Waals surface area (Å²) < 4.78 is 1.80. The molecule has 9 heteroatoms. The Morgan fingerprint density at radius 3 is 2.43 bits per heavy atom. The fourth-order valence-electron chi connectivity index (χ4n) is 5.86. The molecular weight excluding hydrogens is 524 g/mol. The number of aryl methyl sites for hydroxylation is 5. The number of anilines is 3. The van der Waals surface area contributed by atoms with Crippen molar-refractivity contribution in [2.45, 2.75) is 34.2 Å². The fourth-order valence-corrected chi connectivity index (χ4v) is 5.86. The van der Waals surface area contributed by atoms with Crippen LogP contribution < -0.4 is 10.2 Å². The van der Waals surface area contributed by atoms with E-state index in [9.17, 15) is 4.79 Å². The predicted octanol–water partition coefficient (Wildman–Crippen LogP) is 6.56. The van der Waals surface area contributed by atoms with Crippen LogP contribution in [-0.4, -0.2) is 35.6 Å². The second-order valence-corrected chi connectivity index (χ2v) is 10.9. The molecule has 208 valence electrons. The molecule has 0 aliphatic carbocycles. The number of pyridine rings is 1. The Bertz CT molecular complexity index is 2000. The summed E-state index contributed by atoms with van der Waals surface area (Å²) >= 11 is 0. The Hall–Kier alpha value is -5.31. The Kier molecular flexibility index (Phi) is 5.90. The number of benzene rings is 2. The maximum atomic E-state index is 13.8. The predicted molar refractivity (Wildman–Crippen MR) is 165 cm³/mol. The van der Waals surface area contributed by atoms with Crippen molar-refractivity contribution in [3.8, 4) is 22.4 Å². The van der Waals surface area contributed by atoms with Crippen LogP contribution in [0.2, 0.25) is 0 Å². The number of H-pyrrole nitrogens is 1. The van der Waals surface area contributed by atoms with Gasteiger partial charge in [-0.15, -0.1) is 0 Å². The molecule has 0 atom stereocenters. The van der Waals surface area contributed by atoms with Gasteiger partial charge in [-0.3, -0.25) is 14.5 Å². The Labute approximate surface area is 243 Å². The van der Waals surface area contributed by atoms with Crippen LogP contribution in [0.3, 0.4) is 0 Å². The third-order valence-electron chi connectivity index (χ3n) is 7.93. The minimum Gasteiger partial charge on any atom is -0.359 e. The lowest BCUT2D eigenvalue weighted by Crippen LogP contribution is -2.23. The molecule has 6 aromatic rings. The summed E-state index contributed by atoms with van der Waals surface area (Å²) in [6.07, 6.45) is 3.77. The third-order valence-corrected chi connectivity index (χ3v) is 7.93. The minimum atomic E-state index is -0.00615. The highest BCUT2D eigenvalue weighted by Gasteiger charge is 2.32. The van der Waals surface area contributed by atoms with Gasteiger partial charge in [0.1, 0.15) is 0 Å². The second-order valence-electron chi connectivity index (χ2n) is 10.9. The first-order chi connectivity index (χ1) is 20.3. The molecule has 1 aliphatic heterocycles. The SMILES string of the molecule is Cc1cc(-c2cccc3c2CN(c2cccc4c(-c5nc(Nc6cc(C)n(C)n6)ncc5C)c[nH]c24)C3=O)cc(C)n1. The Balaban J connectivity index is 1.26. The van der Waals surface area contributed by atoms with Gasteiger partial charge in [-0.1, -0.05) is 24.3 Å². The summed E-state index contributed by atoms with van der Waals surface area (Å²) in [6, 6.07) is 18.1. The molecule has 0 unspecified atom stereocenters. The number of fused-ring (bicyclic) bond motifs is 2. The molecule has 9 nitrogen and oxygen atoms in total. The summed E-state index contributed by atoms with van der Waals surface area (Å²) in [5.74, 6) is 1.15. The lowest BCUT2D eigenvalue weighted by Gasteiger charge is -2.17. The first-order valence-corrected chi connectivity index (χ1v) is 13.9. The van der Waals surface area contributed by atoms with Crippen molar-refractivity contribution in [3.05, 3.63) is 101 Å². The van der Waals surface area contributed by atoms with Crippen molar-refractivity contribution in [1.29, 1.82) is 0 Å². The number of nitrogens with zero attached hydrogens (tertiary/aromatic N) is 6. The number of amides is 1. The summed E-state index contributed by atoms with van der Waals surface area (Å²) in [5.41, 5.74) is 11.3. The van der Waals surface area contributed by atoms with Gasteiger partial charge in [0.2, 0.25) is 5.95 Å². The maximum Gasteiger partial charge on any atom is 0.259 e. The van der Waals surface area contributed by atoms with E-state index in [-0.39, 0.29) is 5.91 Å². The van der Waals surface area contributed by atoms with E-state index in [0.717, 1.165) is 72.7 Å². The van der Waals surface area contributed by atoms with Gasteiger partial charge in [-0.05, 0) is 74.2 Å². The molecule has 0 fully saturated rings. The number of hydrogen-bond acceptors (Lipinski definition) is 6. The van der Waals surface area contributed by atoms with Gasteiger partial charge >= 0.3 is 0 Å². The van der Waals surface area contributed by atoms with Gasteiger partial charge < -0.3 is 15.2 Å². The molecule has 2 N–H and O–H groups in total. The molecule has 1 amide bonds. The van der Waals surface area contributed by atoms with E-state index in [1.54, 1.807) is 4.68 Å². The van der Waals surface area contributed by atoms with Crippen molar-refractivity contribution >= 4 is 34.3 Å². The topological polar surface area (TPSA) is 105 Å². The highest BCUT2D eigenvalue weighted by molar-refractivity contribution is 6.15. The molecule has 2 aromatic carbocycles. The number of aromatic nitrogens is 6. The zero-order chi connectivity index (χ0) is 29.1. The average molecular weight is 555 g/mol. The fraction of sp³-hybridized carbons (Fsp3) is 0.182. The lowest BCUT2D eigenvalue weighted by molar-refractivity contribution is 0.0997. The van der Waals surface area contributed by atoms with Crippen molar-refractivity contribution in [2.24, 2.45) is 7.05 Å². The highest BCUT2D eigenvalue weighted by Crippen LogP contribution is 2.40. The van der Waals surface area contributed by atoms with E-state index in [2.05, 4.69) is 49.6 Å². The number of hydrogen-bond donors (Lipinski definition) is 2. The first kappa shape index (κ1) is 25.6. The minimum absolute atomic E-state index is 0.00615. The van der Waals surface area contributed by atoms with Crippen molar-refractivity contribution in [1.82, 2.24) is 29.7 Å². The molecule has 0 saturated heterocycles. The normalized spacial score (nSPS) is 12.8. The summed E-state index contributed by atoms with van der Waals surface area (Å²) in [4.78, 5) is 33.0. The van der Waals surface area contributed by atoms with Crippen LogP contribution in [0.5, 0.6) is 0 Å². The first-order valence-electron chi connectivity index (χ1n) is 13.9. The molecule has 42 heavy (non-hydrogen) atoms. The standard InChI is InChI=1S/C33H30N8O/c1-18-15-35-33(37-29-14-21(4)40(5)39-29)38-30(18)26-16-34-31-24(26)9-7-11-28(31)41-17-27-23(8-6-10-25(27)32(41)42)22-12-19(2)36-20(3)13-22/h6-16,34H,17H2,1-5H3,(H,35,37,38,39). The average Bonchev–Trinajstić information content (AvgIpc) is 3.64. The van der Waals surface area contributed by atoms with Gasteiger partial charge in [0.05, 0.1) is 23.4 Å². The van der Waals surface area contributed by atoms with Crippen molar-refractivity contribution in [2.75, 3.05) is 10.2 Å². The molecule has 0 saturated carbocycles. The van der Waals surface area contributed by atoms with Crippen LogP contribution in [0.15, 0.2) is 67.0 Å². The van der Waals surface area contributed by atoms with Gasteiger partial charge in [-0.2, -0.15) is 5.10 Å².